The van der Waals surface area contributed by atoms with Gasteiger partial charge >= 0.3 is 5.97 Å². The number of likely N-dealkylation sites (tertiary alicyclic amines) is 1. The minimum Gasteiger partial charge on any atom is -0.480 e. The largest absolute Gasteiger partial charge is 0.480 e. The van der Waals surface area contributed by atoms with Gasteiger partial charge < -0.3 is 15.3 Å². The maximum absolute atomic E-state index is 11.5. The Kier molecular flexibility index (Phi) is 4.70. The van der Waals surface area contributed by atoms with Gasteiger partial charge in [-0.05, 0) is 33.0 Å². The lowest BCUT2D eigenvalue weighted by atomic mass is 10.1. The van der Waals surface area contributed by atoms with Crippen molar-refractivity contribution in [1.82, 2.24) is 15.5 Å². The van der Waals surface area contributed by atoms with Gasteiger partial charge in [0, 0.05) is 13.1 Å². The summed E-state index contributed by atoms with van der Waals surface area (Å²) in [4.78, 5) is 24.4. The van der Waals surface area contributed by atoms with Crippen LogP contribution >= 0.6 is 0 Å². The number of aliphatic carboxylic acids is 1. The average Bonchev–Trinajstić information content (AvgIpc) is 2.62. The number of carboxylic acids is 1. The Morgan fingerprint density at radius 3 is 2.69 bits per heavy atom. The van der Waals surface area contributed by atoms with Gasteiger partial charge in [-0.25, -0.2) is 4.79 Å². The van der Waals surface area contributed by atoms with E-state index >= 15 is 0 Å². The van der Waals surface area contributed by atoms with Gasteiger partial charge in [-0.15, -0.1) is 0 Å². The second kappa shape index (κ2) is 5.81. The van der Waals surface area contributed by atoms with Crippen molar-refractivity contribution < 1.29 is 14.7 Å². The SMILES string of the molecule is CNC(C(=O)O)C(=O)NCC1CCN(C)C1. The van der Waals surface area contributed by atoms with Crippen molar-refractivity contribution in [3.05, 3.63) is 0 Å². The van der Waals surface area contributed by atoms with Gasteiger partial charge in [0.05, 0.1) is 0 Å². The van der Waals surface area contributed by atoms with Crippen molar-refractivity contribution in [2.75, 3.05) is 33.7 Å². The molecule has 1 saturated heterocycles. The summed E-state index contributed by atoms with van der Waals surface area (Å²) in [5, 5.41) is 13.9. The number of carbonyl (C=O) groups excluding carboxylic acids is 1. The monoisotopic (exact) mass is 229 g/mol. The molecule has 6 nitrogen and oxygen atoms in total. The number of nitrogens with zero attached hydrogens (tertiary/aromatic N) is 1. The van der Waals surface area contributed by atoms with Crippen molar-refractivity contribution in [2.45, 2.75) is 12.5 Å². The summed E-state index contributed by atoms with van der Waals surface area (Å²) in [5.74, 6) is -1.19. The molecule has 1 aliphatic rings. The fraction of sp³-hybridized carbons (Fsp3) is 0.800. The molecular formula is C10H19N3O3. The topological polar surface area (TPSA) is 81.7 Å². The zero-order chi connectivity index (χ0) is 12.1. The molecule has 1 amide bonds. The van der Waals surface area contributed by atoms with Crippen LogP contribution in [0.4, 0.5) is 0 Å². The van der Waals surface area contributed by atoms with E-state index in [0.29, 0.717) is 12.5 Å². The Morgan fingerprint density at radius 2 is 2.25 bits per heavy atom. The summed E-state index contributed by atoms with van der Waals surface area (Å²) >= 11 is 0. The first-order valence-corrected chi connectivity index (χ1v) is 5.41. The minimum atomic E-state index is -1.15. The van der Waals surface area contributed by atoms with E-state index in [2.05, 4.69) is 15.5 Å². The molecule has 0 saturated carbocycles. The van der Waals surface area contributed by atoms with Gasteiger partial charge in [0.1, 0.15) is 0 Å². The molecule has 92 valence electrons. The van der Waals surface area contributed by atoms with E-state index in [9.17, 15) is 9.59 Å². The molecule has 1 fully saturated rings. The molecule has 6 heteroatoms. The molecule has 0 bridgehead atoms. The fourth-order valence-electron chi connectivity index (χ4n) is 1.91. The maximum atomic E-state index is 11.5. The fourth-order valence-corrected chi connectivity index (χ4v) is 1.91. The average molecular weight is 229 g/mol. The van der Waals surface area contributed by atoms with E-state index in [-0.39, 0.29) is 0 Å². The van der Waals surface area contributed by atoms with Gasteiger partial charge in [-0.1, -0.05) is 0 Å². The lowest BCUT2D eigenvalue weighted by Crippen LogP contribution is -2.48. The summed E-state index contributed by atoms with van der Waals surface area (Å²) in [6.45, 7) is 2.54. The third-order valence-electron chi connectivity index (χ3n) is 2.85. The van der Waals surface area contributed by atoms with Gasteiger partial charge in [0.25, 0.3) is 0 Å². The molecule has 1 heterocycles. The van der Waals surface area contributed by atoms with Crippen LogP contribution in [0.15, 0.2) is 0 Å². The van der Waals surface area contributed by atoms with Crippen LogP contribution in [0.3, 0.4) is 0 Å². The zero-order valence-electron chi connectivity index (χ0n) is 9.69. The van der Waals surface area contributed by atoms with Gasteiger partial charge in [-0.3, -0.25) is 10.1 Å². The van der Waals surface area contributed by atoms with Crippen LogP contribution in [-0.4, -0.2) is 61.7 Å². The molecular weight excluding hydrogens is 210 g/mol. The molecule has 2 unspecified atom stereocenters. The highest BCUT2D eigenvalue weighted by Crippen LogP contribution is 2.12. The van der Waals surface area contributed by atoms with E-state index < -0.39 is 17.9 Å². The predicted octanol–water partition coefficient (Wildman–Crippen LogP) is -1.27. The highest BCUT2D eigenvalue weighted by Gasteiger charge is 2.26. The summed E-state index contributed by atoms with van der Waals surface area (Å²) in [6, 6.07) is -1.15. The number of amides is 1. The van der Waals surface area contributed by atoms with Gasteiger partial charge in [-0.2, -0.15) is 0 Å². The van der Waals surface area contributed by atoms with Crippen LogP contribution in [-0.2, 0) is 9.59 Å². The molecule has 1 aliphatic heterocycles. The Hall–Kier alpha value is -1.14. The van der Waals surface area contributed by atoms with Crippen LogP contribution in [0, 0.1) is 5.92 Å². The van der Waals surface area contributed by atoms with Crippen molar-refractivity contribution in [1.29, 1.82) is 0 Å². The Labute approximate surface area is 95.0 Å². The van der Waals surface area contributed by atoms with Gasteiger partial charge in [0.15, 0.2) is 6.04 Å². The minimum absolute atomic E-state index is 0.431. The molecule has 0 spiro atoms. The van der Waals surface area contributed by atoms with Crippen LogP contribution in [0.2, 0.25) is 0 Å². The molecule has 0 aromatic heterocycles. The molecule has 3 N–H and O–H groups in total. The molecule has 0 aromatic rings. The summed E-state index contributed by atoms with van der Waals surface area (Å²) in [7, 11) is 3.50. The quantitative estimate of drug-likeness (QED) is 0.512. The number of hydrogen-bond acceptors (Lipinski definition) is 4. The highest BCUT2D eigenvalue weighted by atomic mass is 16.4. The Morgan fingerprint density at radius 1 is 1.56 bits per heavy atom. The normalized spacial score (nSPS) is 23.0. The zero-order valence-corrected chi connectivity index (χ0v) is 9.69. The van der Waals surface area contributed by atoms with Crippen molar-refractivity contribution >= 4 is 11.9 Å². The standard InChI is InChI=1S/C10H19N3O3/c1-11-8(10(15)16)9(14)12-5-7-3-4-13(2)6-7/h7-8,11H,3-6H2,1-2H3,(H,12,14)(H,15,16). The first-order chi connectivity index (χ1) is 7.54. The molecule has 0 aromatic carbocycles. The Balaban J connectivity index is 2.31. The number of rotatable bonds is 5. The smallest absolute Gasteiger partial charge is 0.330 e. The van der Waals surface area contributed by atoms with Crippen LogP contribution in [0.25, 0.3) is 0 Å². The second-order valence-corrected chi connectivity index (χ2v) is 4.22. The van der Waals surface area contributed by atoms with Crippen LogP contribution in [0.5, 0.6) is 0 Å². The third-order valence-corrected chi connectivity index (χ3v) is 2.85. The van der Waals surface area contributed by atoms with E-state index in [1.165, 1.54) is 7.05 Å². The number of nitrogens with one attached hydrogen (secondary N) is 2. The molecule has 0 aliphatic carbocycles. The Bertz CT molecular complexity index is 270. The van der Waals surface area contributed by atoms with E-state index in [4.69, 9.17) is 5.11 Å². The van der Waals surface area contributed by atoms with E-state index in [1.807, 2.05) is 7.05 Å². The third kappa shape index (κ3) is 3.46. The van der Waals surface area contributed by atoms with Gasteiger partial charge in [0.2, 0.25) is 5.91 Å². The second-order valence-electron chi connectivity index (χ2n) is 4.22. The van der Waals surface area contributed by atoms with Crippen molar-refractivity contribution in [3.8, 4) is 0 Å². The summed E-state index contributed by atoms with van der Waals surface area (Å²) in [5.41, 5.74) is 0. The summed E-state index contributed by atoms with van der Waals surface area (Å²) < 4.78 is 0. The molecule has 16 heavy (non-hydrogen) atoms. The maximum Gasteiger partial charge on any atom is 0.330 e. The summed E-state index contributed by atoms with van der Waals surface area (Å²) in [6.07, 6.45) is 1.05. The first-order valence-electron chi connectivity index (χ1n) is 5.41. The lowest BCUT2D eigenvalue weighted by Gasteiger charge is -2.14. The molecule has 1 rings (SSSR count). The first kappa shape index (κ1) is 12.9. The highest BCUT2D eigenvalue weighted by molar-refractivity contribution is 6.01. The van der Waals surface area contributed by atoms with E-state index in [1.54, 1.807) is 0 Å². The predicted molar refractivity (Wildman–Crippen MR) is 59.1 cm³/mol. The number of likely N-dealkylation sites (N-methyl/N-ethyl adjacent to an activating group) is 1. The van der Waals surface area contributed by atoms with E-state index in [0.717, 1.165) is 19.5 Å². The molecule has 2 atom stereocenters. The van der Waals surface area contributed by atoms with Crippen LogP contribution < -0.4 is 10.6 Å². The number of carbonyl (C=O) groups is 2. The molecule has 0 radical (unpaired) electrons. The van der Waals surface area contributed by atoms with Crippen molar-refractivity contribution in [2.24, 2.45) is 5.92 Å². The van der Waals surface area contributed by atoms with Crippen LogP contribution in [0.1, 0.15) is 6.42 Å². The number of hydrogen-bond donors (Lipinski definition) is 3. The number of carboxylic acid groups (broad SMARTS) is 1. The lowest BCUT2D eigenvalue weighted by molar-refractivity contribution is -0.143. The van der Waals surface area contributed by atoms with Crippen molar-refractivity contribution in [3.63, 3.8) is 0 Å².